The minimum Gasteiger partial charge on any atom is -0.382 e. The summed E-state index contributed by atoms with van der Waals surface area (Å²) >= 11 is 0. The van der Waals surface area contributed by atoms with Crippen LogP contribution in [-0.2, 0) is 0 Å². The molecule has 0 aliphatic heterocycles. The molecular weight excluding hydrogens is 268 g/mol. The summed E-state index contributed by atoms with van der Waals surface area (Å²) in [7, 11) is 0. The Hall–Kier alpha value is -1.83. The minimum atomic E-state index is 0.192. The van der Waals surface area contributed by atoms with Gasteiger partial charge < -0.3 is 10.7 Å². The highest BCUT2D eigenvalue weighted by molar-refractivity contribution is 5.98. The van der Waals surface area contributed by atoms with Gasteiger partial charge >= 0.3 is 0 Å². The van der Waals surface area contributed by atoms with Gasteiger partial charge in [0.1, 0.15) is 0 Å². The topological polar surface area (TPSA) is 35.9 Å². The van der Waals surface area contributed by atoms with Gasteiger partial charge in [0.15, 0.2) is 0 Å². The normalized spacial score (nSPS) is 17.3. The molecule has 2 rings (SSSR count). The number of hydrogen-bond acceptors (Lipinski definition) is 2. The average Bonchev–Trinajstić information content (AvgIpc) is 2.40. The molecule has 118 valence electrons. The fourth-order valence-corrected chi connectivity index (χ4v) is 2.94. The third-order valence-electron chi connectivity index (χ3n) is 4.56. The molecule has 0 saturated heterocycles. The van der Waals surface area contributed by atoms with E-state index < -0.39 is 0 Å². The van der Waals surface area contributed by atoms with Gasteiger partial charge in [0.05, 0.1) is 0 Å². The predicted octanol–water partition coefficient (Wildman–Crippen LogP) is 5.11. The highest BCUT2D eigenvalue weighted by atomic mass is 14.9. The maximum atomic E-state index is 8.28. The van der Waals surface area contributed by atoms with E-state index in [0.29, 0.717) is 11.8 Å². The van der Waals surface area contributed by atoms with E-state index in [0.717, 1.165) is 16.8 Å². The van der Waals surface area contributed by atoms with Gasteiger partial charge in [0.2, 0.25) is 0 Å². The SMILES string of the molecule is C=C(C)/C(NC1CCC1)=C(/C(C)=N)C(C)c1ccc(C)cc1. The molecule has 2 nitrogen and oxygen atoms in total. The maximum Gasteiger partial charge on any atom is 0.0422 e. The Morgan fingerprint density at radius 2 is 1.82 bits per heavy atom. The third kappa shape index (κ3) is 3.68. The van der Waals surface area contributed by atoms with E-state index in [4.69, 9.17) is 5.41 Å². The molecule has 0 spiro atoms. The lowest BCUT2D eigenvalue weighted by Crippen LogP contribution is -2.36. The Morgan fingerprint density at radius 1 is 1.23 bits per heavy atom. The molecule has 1 unspecified atom stereocenters. The molecule has 0 bridgehead atoms. The van der Waals surface area contributed by atoms with Crippen LogP contribution in [-0.4, -0.2) is 11.8 Å². The molecule has 1 atom stereocenters. The lowest BCUT2D eigenvalue weighted by Gasteiger charge is -2.31. The highest BCUT2D eigenvalue weighted by Crippen LogP contribution is 2.30. The lowest BCUT2D eigenvalue weighted by molar-refractivity contribution is 0.365. The van der Waals surface area contributed by atoms with Crippen LogP contribution in [0.1, 0.15) is 57.1 Å². The first kappa shape index (κ1) is 16.5. The van der Waals surface area contributed by atoms with Crippen molar-refractivity contribution in [2.75, 3.05) is 0 Å². The van der Waals surface area contributed by atoms with E-state index in [-0.39, 0.29) is 5.92 Å². The second kappa shape index (κ2) is 6.95. The first-order valence-electron chi connectivity index (χ1n) is 8.18. The van der Waals surface area contributed by atoms with Crippen LogP contribution in [0.5, 0.6) is 0 Å². The average molecular weight is 296 g/mol. The van der Waals surface area contributed by atoms with Gasteiger partial charge in [-0.3, -0.25) is 0 Å². The quantitative estimate of drug-likeness (QED) is 0.555. The van der Waals surface area contributed by atoms with Crippen molar-refractivity contribution in [3.63, 3.8) is 0 Å². The zero-order valence-electron chi connectivity index (χ0n) is 14.3. The fourth-order valence-electron chi connectivity index (χ4n) is 2.94. The van der Waals surface area contributed by atoms with Crippen LogP contribution in [0.2, 0.25) is 0 Å². The van der Waals surface area contributed by atoms with Gasteiger partial charge in [-0.15, -0.1) is 0 Å². The molecule has 1 aliphatic rings. The molecule has 0 heterocycles. The van der Waals surface area contributed by atoms with Crippen molar-refractivity contribution >= 4 is 5.71 Å². The Labute approximate surface area is 134 Å². The largest absolute Gasteiger partial charge is 0.382 e. The van der Waals surface area contributed by atoms with Crippen molar-refractivity contribution in [1.29, 1.82) is 5.41 Å². The summed E-state index contributed by atoms with van der Waals surface area (Å²) in [5.74, 6) is 0.192. The van der Waals surface area contributed by atoms with Gasteiger partial charge in [-0.05, 0) is 51.2 Å². The summed E-state index contributed by atoms with van der Waals surface area (Å²) in [6.45, 7) is 12.3. The van der Waals surface area contributed by atoms with Crippen molar-refractivity contribution in [3.8, 4) is 0 Å². The Balaban J connectivity index is 2.40. The second-order valence-electron chi connectivity index (χ2n) is 6.60. The summed E-state index contributed by atoms with van der Waals surface area (Å²) < 4.78 is 0. The lowest BCUT2D eigenvalue weighted by atomic mass is 9.85. The molecule has 0 radical (unpaired) electrons. The summed E-state index contributed by atoms with van der Waals surface area (Å²) in [6.07, 6.45) is 3.74. The number of hydrogen-bond donors (Lipinski definition) is 2. The first-order valence-corrected chi connectivity index (χ1v) is 8.18. The number of aryl methyl sites for hydroxylation is 1. The molecule has 1 aromatic carbocycles. The Kier molecular flexibility index (Phi) is 5.23. The molecule has 1 aliphatic carbocycles. The molecule has 1 fully saturated rings. The summed E-state index contributed by atoms with van der Waals surface area (Å²) in [4.78, 5) is 0. The monoisotopic (exact) mass is 296 g/mol. The molecule has 22 heavy (non-hydrogen) atoms. The predicted molar refractivity (Wildman–Crippen MR) is 95.6 cm³/mol. The van der Waals surface area contributed by atoms with E-state index in [1.807, 2.05) is 13.8 Å². The molecule has 2 heteroatoms. The zero-order chi connectivity index (χ0) is 16.3. The number of nitrogens with one attached hydrogen (secondary N) is 2. The Morgan fingerprint density at radius 3 is 2.23 bits per heavy atom. The van der Waals surface area contributed by atoms with Gasteiger partial charge in [0, 0.05) is 28.9 Å². The smallest absolute Gasteiger partial charge is 0.0422 e. The van der Waals surface area contributed by atoms with Gasteiger partial charge in [-0.25, -0.2) is 0 Å². The van der Waals surface area contributed by atoms with Gasteiger partial charge in [-0.2, -0.15) is 0 Å². The van der Waals surface area contributed by atoms with Gasteiger partial charge in [0.25, 0.3) is 0 Å². The molecule has 0 amide bonds. The number of rotatable bonds is 6. The first-order chi connectivity index (χ1) is 10.4. The summed E-state index contributed by atoms with van der Waals surface area (Å²) in [6, 6.07) is 9.17. The van der Waals surface area contributed by atoms with Crippen molar-refractivity contribution in [1.82, 2.24) is 5.32 Å². The number of allylic oxidation sites excluding steroid dienone is 2. The molecule has 1 saturated carbocycles. The van der Waals surface area contributed by atoms with Crippen molar-refractivity contribution in [2.24, 2.45) is 0 Å². The van der Waals surface area contributed by atoms with Crippen molar-refractivity contribution in [2.45, 2.75) is 58.9 Å². The van der Waals surface area contributed by atoms with Crippen LogP contribution in [0.4, 0.5) is 0 Å². The molecule has 2 N–H and O–H groups in total. The summed E-state index contributed by atoms with van der Waals surface area (Å²) in [5.41, 5.74) is 6.31. The highest BCUT2D eigenvalue weighted by Gasteiger charge is 2.23. The molecule has 1 aromatic rings. The second-order valence-corrected chi connectivity index (χ2v) is 6.60. The van der Waals surface area contributed by atoms with Crippen molar-refractivity contribution < 1.29 is 0 Å². The van der Waals surface area contributed by atoms with Gasteiger partial charge in [-0.1, -0.05) is 43.3 Å². The van der Waals surface area contributed by atoms with E-state index in [1.54, 1.807) is 0 Å². The van der Waals surface area contributed by atoms with Crippen LogP contribution in [0.25, 0.3) is 0 Å². The van der Waals surface area contributed by atoms with Crippen LogP contribution in [0.3, 0.4) is 0 Å². The maximum absolute atomic E-state index is 8.28. The van der Waals surface area contributed by atoms with E-state index in [1.165, 1.54) is 30.4 Å². The number of benzene rings is 1. The van der Waals surface area contributed by atoms with Crippen LogP contribution in [0.15, 0.2) is 47.7 Å². The minimum absolute atomic E-state index is 0.192. The van der Waals surface area contributed by atoms with E-state index in [9.17, 15) is 0 Å². The van der Waals surface area contributed by atoms with Crippen LogP contribution < -0.4 is 5.32 Å². The fraction of sp³-hybridized carbons (Fsp3) is 0.450. The Bertz CT molecular complexity index is 589. The van der Waals surface area contributed by atoms with E-state index in [2.05, 4.69) is 50.0 Å². The molecular formula is C20H28N2. The van der Waals surface area contributed by atoms with Crippen LogP contribution in [0, 0.1) is 12.3 Å². The summed E-state index contributed by atoms with van der Waals surface area (Å²) in [5, 5.41) is 11.9. The molecule has 0 aromatic heterocycles. The van der Waals surface area contributed by atoms with Crippen molar-refractivity contribution in [3.05, 3.63) is 58.8 Å². The zero-order valence-corrected chi connectivity index (χ0v) is 14.3. The van der Waals surface area contributed by atoms with E-state index >= 15 is 0 Å². The third-order valence-corrected chi connectivity index (χ3v) is 4.56. The van der Waals surface area contributed by atoms with Crippen LogP contribution >= 0.6 is 0 Å². The standard InChI is InChI=1S/C20H28N2/c1-13(2)20(22-18-7-6-8-18)19(16(5)21)15(4)17-11-9-14(3)10-12-17/h9-12,15,18,21-22H,1,6-8H2,2-5H3/b20-19-,21-16?.